The molecule has 0 spiro atoms. The highest BCUT2D eigenvalue weighted by molar-refractivity contribution is 5.76. The van der Waals surface area contributed by atoms with Crippen LogP contribution in [0.5, 0.6) is 0 Å². The SMILES string of the molecule is CC(C)CC1(CNCCC(=O)NC(C)C)CCCC1. The van der Waals surface area contributed by atoms with E-state index in [1.165, 1.54) is 32.1 Å². The van der Waals surface area contributed by atoms with Crippen molar-refractivity contribution in [1.82, 2.24) is 10.6 Å². The average Bonchev–Trinajstić information content (AvgIpc) is 2.71. The lowest BCUT2D eigenvalue weighted by Crippen LogP contribution is -2.37. The Labute approximate surface area is 118 Å². The Kier molecular flexibility index (Phi) is 6.84. The van der Waals surface area contributed by atoms with Crippen molar-refractivity contribution in [3.8, 4) is 0 Å². The van der Waals surface area contributed by atoms with Gasteiger partial charge in [0.15, 0.2) is 0 Å². The monoisotopic (exact) mass is 268 g/mol. The maximum absolute atomic E-state index is 11.6. The van der Waals surface area contributed by atoms with Crippen molar-refractivity contribution in [3.05, 3.63) is 0 Å². The summed E-state index contributed by atoms with van der Waals surface area (Å²) in [6.07, 6.45) is 7.38. The molecule has 0 bridgehead atoms. The summed E-state index contributed by atoms with van der Waals surface area (Å²) in [6, 6.07) is 0.245. The molecule has 0 unspecified atom stereocenters. The molecule has 0 aromatic carbocycles. The van der Waals surface area contributed by atoms with Gasteiger partial charge < -0.3 is 10.6 Å². The van der Waals surface area contributed by atoms with Crippen LogP contribution in [0, 0.1) is 11.3 Å². The Hall–Kier alpha value is -0.570. The van der Waals surface area contributed by atoms with E-state index in [1.807, 2.05) is 13.8 Å². The second-order valence-electron chi connectivity index (χ2n) is 6.95. The van der Waals surface area contributed by atoms with Crippen LogP contribution in [0.25, 0.3) is 0 Å². The maximum atomic E-state index is 11.6. The molecule has 0 aliphatic heterocycles. The van der Waals surface area contributed by atoms with E-state index in [9.17, 15) is 4.79 Å². The van der Waals surface area contributed by atoms with E-state index in [2.05, 4.69) is 24.5 Å². The Balaban J connectivity index is 2.24. The number of hydrogen-bond acceptors (Lipinski definition) is 2. The van der Waals surface area contributed by atoms with Gasteiger partial charge in [0.2, 0.25) is 5.91 Å². The minimum Gasteiger partial charge on any atom is -0.354 e. The molecule has 0 aromatic rings. The third-order valence-electron chi connectivity index (χ3n) is 3.98. The lowest BCUT2D eigenvalue weighted by Gasteiger charge is -2.31. The lowest BCUT2D eigenvalue weighted by atomic mass is 9.78. The minimum atomic E-state index is 0.159. The van der Waals surface area contributed by atoms with Crippen LogP contribution in [-0.2, 0) is 4.79 Å². The molecule has 2 N–H and O–H groups in total. The number of carbonyl (C=O) groups excluding carboxylic acids is 1. The second kappa shape index (κ2) is 7.88. The molecule has 19 heavy (non-hydrogen) atoms. The van der Waals surface area contributed by atoms with E-state index in [-0.39, 0.29) is 11.9 Å². The molecule has 0 saturated heterocycles. The predicted octanol–water partition coefficient (Wildman–Crippen LogP) is 3.10. The summed E-state index contributed by atoms with van der Waals surface area (Å²) in [6.45, 7) is 10.5. The summed E-state index contributed by atoms with van der Waals surface area (Å²) >= 11 is 0. The Morgan fingerprint density at radius 2 is 1.79 bits per heavy atom. The summed E-state index contributed by atoms with van der Waals surface area (Å²) in [7, 11) is 0. The second-order valence-corrected chi connectivity index (χ2v) is 6.95. The average molecular weight is 268 g/mol. The highest BCUT2D eigenvalue weighted by atomic mass is 16.1. The Morgan fingerprint density at radius 1 is 1.16 bits per heavy atom. The zero-order valence-electron chi connectivity index (χ0n) is 13.2. The summed E-state index contributed by atoms with van der Waals surface area (Å²) in [4.78, 5) is 11.6. The number of nitrogens with one attached hydrogen (secondary N) is 2. The summed E-state index contributed by atoms with van der Waals surface area (Å²) in [5.74, 6) is 0.927. The van der Waals surface area contributed by atoms with Crippen LogP contribution in [0.2, 0.25) is 0 Å². The molecular weight excluding hydrogens is 236 g/mol. The zero-order chi connectivity index (χ0) is 14.3. The van der Waals surface area contributed by atoms with Crippen LogP contribution in [0.3, 0.4) is 0 Å². The van der Waals surface area contributed by atoms with Crippen LogP contribution < -0.4 is 10.6 Å². The van der Waals surface area contributed by atoms with Crippen molar-refractivity contribution >= 4 is 5.91 Å². The molecule has 1 aliphatic carbocycles. The molecule has 0 heterocycles. The van der Waals surface area contributed by atoms with E-state index in [0.29, 0.717) is 11.8 Å². The van der Waals surface area contributed by atoms with Crippen LogP contribution in [0.15, 0.2) is 0 Å². The first-order valence-electron chi connectivity index (χ1n) is 7.94. The number of hydrogen-bond donors (Lipinski definition) is 2. The normalized spacial score (nSPS) is 18.2. The number of carbonyl (C=O) groups is 1. The van der Waals surface area contributed by atoms with Crippen LogP contribution >= 0.6 is 0 Å². The van der Waals surface area contributed by atoms with E-state index < -0.39 is 0 Å². The fraction of sp³-hybridized carbons (Fsp3) is 0.938. The van der Waals surface area contributed by atoms with Crippen molar-refractivity contribution in [1.29, 1.82) is 0 Å². The van der Waals surface area contributed by atoms with E-state index >= 15 is 0 Å². The van der Waals surface area contributed by atoms with Gasteiger partial charge in [-0.15, -0.1) is 0 Å². The smallest absolute Gasteiger partial charge is 0.221 e. The molecule has 3 nitrogen and oxygen atoms in total. The molecule has 1 fully saturated rings. The first-order valence-corrected chi connectivity index (χ1v) is 7.94. The number of rotatable bonds is 8. The molecule has 0 radical (unpaired) electrons. The molecule has 1 aliphatic rings. The zero-order valence-corrected chi connectivity index (χ0v) is 13.2. The van der Waals surface area contributed by atoms with Crippen molar-refractivity contribution in [2.75, 3.05) is 13.1 Å². The largest absolute Gasteiger partial charge is 0.354 e. The van der Waals surface area contributed by atoms with Gasteiger partial charge >= 0.3 is 0 Å². The van der Waals surface area contributed by atoms with Crippen molar-refractivity contribution in [2.24, 2.45) is 11.3 Å². The molecule has 1 rings (SSSR count). The van der Waals surface area contributed by atoms with Gasteiger partial charge in [-0.3, -0.25) is 4.79 Å². The first-order chi connectivity index (χ1) is 8.93. The Bertz CT molecular complexity index is 268. The van der Waals surface area contributed by atoms with Crippen molar-refractivity contribution in [3.63, 3.8) is 0 Å². The molecule has 0 atom stereocenters. The summed E-state index contributed by atoms with van der Waals surface area (Å²) < 4.78 is 0. The highest BCUT2D eigenvalue weighted by Crippen LogP contribution is 2.42. The van der Waals surface area contributed by atoms with Gasteiger partial charge in [-0.05, 0) is 44.4 Å². The van der Waals surface area contributed by atoms with Crippen molar-refractivity contribution in [2.45, 2.75) is 72.3 Å². The fourth-order valence-electron chi connectivity index (χ4n) is 3.39. The van der Waals surface area contributed by atoms with Crippen LogP contribution in [-0.4, -0.2) is 25.0 Å². The molecule has 3 heteroatoms. The number of amides is 1. The standard InChI is InChI=1S/C16H32N2O/c1-13(2)11-16(8-5-6-9-16)12-17-10-7-15(19)18-14(3)4/h13-14,17H,5-12H2,1-4H3,(H,18,19). The fourth-order valence-corrected chi connectivity index (χ4v) is 3.39. The van der Waals surface area contributed by atoms with Gasteiger partial charge in [0.25, 0.3) is 0 Å². The highest BCUT2D eigenvalue weighted by Gasteiger charge is 2.33. The van der Waals surface area contributed by atoms with E-state index in [1.54, 1.807) is 0 Å². The third kappa shape index (κ3) is 6.42. The van der Waals surface area contributed by atoms with Gasteiger partial charge in [-0.25, -0.2) is 0 Å². The molecule has 112 valence electrons. The van der Waals surface area contributed by atoms with E-state index in [4.69, 9.17) is 0 Å². The van der Waals surface area contributed by atoms with Gasteiger partial charge in [-0.2, -0.15) is 0 Å². The van der Waals surface area contributed by atoms with E-state index in [0.717, 1.165) is 19.0 Å². The predicted molar refractivity (Wildman–Crippen MR) is 81.1 cm³/mol. The van der Waals surface area contributed by atoms with Crippen molar-refractivity contribution < 1.29 is 4.79 Å². The topological polar surface area (TPSA) is 41.1 Å². The van der Waals surface area contributed by atoms with Gasteiger partial charge in [0, 0.05) is 25.6 Å². The summed E-state index contributed by atoms with van der Waals surface area (Å²) in [5, 5.41) is 6.45. The minimum absolute atomic E-state index is 0.159. The molecular formula is C16H32N2O. The third-order valence-corrected chi connectivity index (χ3v) is 3.98. The van der Waals surface area contributed by atoms with Crippen LogP contribution in [0.4, 0.5) is 0 Å². The molecule has 0 aromatic heterocycles. The van der Waals surface area contributed by atoms with Gasteiger partial charge in [0.05, 0.1) is 0 Å². The van der Waals surface area contributed by atoms with Gasteiger partial charge in [-0.1, -0.05) is 26.7 Å². The maximum Gasteiger partial charge on any atom is 0.221 e. The van der Waals surface area contributed by atoms with Crippen LogP contribution in [0.1, 0.15) is 66.2 Å². The Morgan fingerprint density at radius 3 is 2.32 bits per heavy atom. The quantitative estimate of drug-likeness (QED) is 0.664. The van der Waals surface area contributed by atoms with Gasteiger partial charge in [0.1, 0.15) is 0 Å². The molecule has 1 amide bonds. The summed E-state index contributed by atoms with van der Waals surface area (Å²) in [5.41, 5.74) is 0.503. The molecule has 1 saturated carbocycles. The first kappa shape index (κ1) is 16.5. The lowest BCUT2D eigenvalue weighted by molar-refractivity contribution is -0.121.